The Morgan fingerprint density at radius 2 is 2.07 bits per heavy atom. The highest BCUT2D eigenvalue weighted by molar-refractivity contribution is 5.20. The zero-order valence-corrected chi connectivity index (χ0v) is 10.3. The van der Waals surface area contributed by atoms with E-state index >= 15 is 0 Å². The Morgan fingerprint density at radius 1 is 1.40 bits per heavy atom. The van der Waals surface area contributed by atoms with E-state index in [0.29, 0.717) is 6.61 Å². The van der Waals surface area contributed by atoms with Crippen LogP contribution in [0.2, 0.25) is 0 Å². The normalized spacial score (nSPS) is 12.1. The topological polar surface area (TPSA) is 34.4 Å². The van der Waals surface area contributed by atoms with E-state index in [1.165, 1.54) is 5.56 Å². The van der Waals surface area contributed by atoms with E-state index in [0.717, 1.165) is 18.1 Å². The molecule has 0 amide bonds. The van der Waals surface area contributed by atoms with Gasteiger partial charge in [-0.05, 0) is 33.8 Å². The molecule has 3 nitrogen and oxygen atoms in total. The monoisotopic (exact) mass is 211 g/mol. The van der Waals surface area contributed by atoms with Crippen molar-refractivity contribution in [3.63, 3.8) is 0 Å². The van der Waals surface area contributed by atoms with Crippen molar-refractivity contribution in [1.29, 1.82) is 0 Å². The Labute approximate surface area is 91.8 Å². The molecule has 0 aliphatic carbocycles. The van der Waals surface area contributed by atoms with Gasteiger partial charge in [-0.15, -0.1) is 0 Å². The Morgan fingerprint density at radius 3 is 2.60 bits per heavy atom. The molecule has 0 radical (unpaired) electrons. The van der Waals surface area contributed by atoms with Crippen molar-refractivity contribution in [1.82, 2.24) is 5.32 Å². The fraction of sp³-hybridized carbons (Fsp3) is 0.667. The van der Waals surface area contributed by atoms with Crippen LogP contribution in [0.15, 0.2) is 10.5 Å². The van der Waals surface area contributed by atoms with Crippen LogP contribution in [0.1, 0.15) is 37.9 Å². The van der Waals surface area contributed by atoms with Crippen molar-refractivity contribution in [3.05, 3.63) is 23.2 Å². The van der Waals surface area contributed by atoms with E-state index < -0.39 is 0 Å². The van der Waals surface area contributed by atoms with Gasteiger partial charge in [0.05, 0.1) is 0 Å². The van der Waals surface area contributed by atoms with Gasteiger partial charge in [0.1, 0.15) is 18.1 Å². The third-order valence-electron chi connectivity index (χ3n) is 2.17. The van der Waals surface area contributed by atoms with Crippen molar-refractivity contribution in [2.24, 2.45) is 0 Å². The number of methoxy groups -OCH3 is 1. The van der Waals surface area contributed by atoms with Gasteiger partial charge in [0.15, 0.2) is 0 Å². The maximum Gasteiger partial charge on any atom is 0.130 e. The number of nitrogens with one attached hydrogen (secondary N) is 1. The molecule has 0 saturated carbocycles. The Hall–Kier alpha value is -0.800. The van der Waals surface area contributed by atoms with Crippen LogP contribution in [0.5, 0.6) is 0 Å². The first-order valence-electron chi connectivity index (χ1n) is 5.24. The Balaban J connectivity index is 2.61. The van der Waals surface area contributed by atoms with Crippen molar-refractivity contribution in [3.8, 4) is 0 Å². The summed E-state index contributed by atoms with van der Waals surface area (Å²) in [5.74, 6) is 1.86. The highest BCUT2D eigenvalue weighted by atomic mass is 16.5. The van der Waals surface area contributed by atoms with Crippen molar-refractivity contribution >= 4 is 0 Å². The second-order valence-corrected chi connectivity index (χ2v) is 4.83. The third-order valence-corrected chi connectivity index (χ3v) is 2.17. The average molecular weight is 211 g/mol. The van der Waals surface area contributed by atoms with Crippen LogP contribution < -0.4 is 5.32 Å². The zero-order valence-electron chi connectivity index (χ0n) is 10.3. The van der Waals surface area contributed by atoms with Crippen molar-refractivity contribution < 1.29 is 9.15 Å². The van der Waals surface area contributed by atoms with Gasteiger partial charge in [-0.3, -0.25) is 0 Å². The van der Waals surface area contributed by atoms with Gasteiger partial charge in [-0.2, -0.15) is 0 Å². The molecule has 1 aromatic rings. The third kappa shape index (κ3) is 4.06. The first-order chi connectivity index (χ1) is 6.92. The lowest BCUT2D eigenvalue weighted by Crippen LogP contribution is -2.35. The lowest BCUT2D eigenvalue weighted by molar-refractivity contribution is 0.163. The molecule has 1 heterocycles. The van der Waals surface area contributed by atoms with Crippen LogP contribution in [-0.2, 0) is 17.9 Å². The lowest BCUT2D eigenvalue weighted by atomic mass is 10.1. The molecule has 0 saturated heterocycles. The predicted molar refractivity (Wildman–Crippen MR) is 60.8 cm³/mol. The van der Waals surface area contributed by atoms with Crippen molar-refractivity contribution in [2.75, 3.05) is 7.11 Å². The molecule has 0 bridgehead atoms. The molecule has 0 spiro atoms. The molecule has 15 heavy (non-hydrogen) atoms. The summed E-state index contributed by atoms with van der Waals surface area (Å²) in [6.07, 6.45) is 0. The highest BCUT2D eigenvalue weighted by Crippen LogP contribution is 2.16. The molecular formula is C12H21NO2. The maximum atomic E-state index is 5.56. The van der Waals surface area contributed by atoms with Crippen molar-refractivity contribution in [2.45, 2.75) is 46.4 Å². The van der Waals surface area contributed by atoms with Crippen LogP contribution in [-0.4, -0.2) is 12.6 Å². The fourth-order valence-electron chi connectivity index (χ4n) is 1.34. The van der Waals surface area contributed by atoms with E-state index in [1.54, 1.807) is 7.11 Å². The van der Waals surface area contributed by atoms with E-state index in [9.17, 15) is 0 Å². The number of aryl methyl sites for hydroxylation is 1. The molecule has 0 aliphatic heterocycles. The molecule has 1 rings (SSSR count). The largest absolute Gasteiger partial charge is 0.464 e. The summed E-state index contributed by atoms with van der Waals surface area (Å²) in [4.78, 5) is 0. The summed E-state index contributed by atoms with van der Waals surface area (Å²) in [6, 6.07) is 2.05. The van der Waals surface area contributed by atoms with E-state index in [4.69, 9.17) is 9.15 Å². The smallest absolute Gasteiger partial charge is 0.130 e. The van der Waals surface area contributed by atoms with E-state index in [-0.39, 0.29) is 5.54 Å². The number of hydrogen-bond donors (Lipinski definition) is 1. The Kier molecular flexibility index (Phi) is 3.94. The number of rotatable bonds is 4. The number of hydrogen-bond acceptors (Lipinski definition) is 3. The van der Waals surface area contributed by atoms with Crippen LogP contribution in [0.25, 0.3) is 0 Å². The van der Waals surface area contributed by atoms with Crippen LogP contribution >= 0.6 is 0 Å². The second-order valence-electron chi connectivity index (χ2n) is 4.83. The van der Waals surface area contributed by atoms with Gasteiger partial charge in [0.25, 0.3) is 0 Å². The predicted octanol–water partition coefficient (Wildman–Crippen LogP) is 2.62. The van der Waals surface area contributed by atoms with Gasteiger partial charge in [-0.25, -0.2) is 0 Å². The molecule has 0 aromatic carbocycles. The molecule has 86 valence electrons. The van der Waals surface area contributed by atoms with Gasteiger partial charge in [-0.1, -0.05) is 0 Å². The minimum absolute atomic E-state index is 0.130. The first kappa shape index (κ1) is 12.3. The standard InChI is InChI=1S/C12H21NO2/c1-9-10(7-13-12(2,3)4)6-11(15-9)8-14-5/h6,13H,7-8H2,1-5H3. The summed E-state index contributed by atoms with van der Waals surface area (Å²) in [7, 11) is 1.67. The second kappa shape index (κ2) is 4.81. The van der Waals surface area contributed by atoms with E-state index in [1.807, 2.05) is 6.92 Å². The van der Waals surface area contributed by atoms with Gasteiger partial charge in [0, 0.05) is 24.8 Å². The Bertz CT molecular complexity index is 310. The lowest BCUT2D eigenvalue weighted by Gasteiger charge is -2.20. The van der Waals surface area contributed by atoms with E-state index in [2.05, 4.69) is 32.2 Å². The minimum Gasteiger partial charge on any atom is -0.464 e. The molecule has 3 heteroatoms. The molecule has 0 fully saturated rings. The zero-order chi connectivity index (χ0) is 11.5. The molecule has 1 aromatic heterocycles. The van der Waals surface area contributed by atoms with Gasteiger partial charge >= 0.3 is 0 Å². The molecule has 1 N–H and O–H groups in total. The fourth-order valence-corrected chi connectivity index (χ4v) is 1.34. The van der Waals surface area contributed by atoms with Gasteiger partial charge < -0.3 is 14.5 Å². The van der Waals surface area contributed by atoms with Crippen LogP contribution in [0.4, 0.5) is 0 Å². The molecule has 0 unspecified atom stereocenters. The summed E-state index contributed by atoms with van der Waals surface area (Å²) in [5, 5.41) is 3.43. The van der Waals surface area contributed by atoms with Crippen LogP contribution in [0, 0.1) is 6.92 Å². The van der Waals surface area contributed by atoms with Crippen LogP contribution in [0.3, 0.4) is 0 Å². The molecular weight excluding hydrogens is 190 g/mol. The highest BCUT2D eigenvalue weighted by Gasteiger charge is 2.12. The summed E-state index contributed by atoms with van der Waals surface area (Å²) < 4.78 is 10.6. The first-order valence-corrected chi connectivity index (χ1v) is 5.24. The number of ether oxygens (including phenoxy) is 1. The SMILES string of the molecule is COCc1cc(CNC(C)(C)C)c(C)o1. The molecule has 0 atom stereocenters. The number of furan rings is 1. The minimum atomic E-state index is 0.130. The average Bonchev–Trinajstić information content (AvgIpc) is 2.42. The summed E-state index contributed by atoms with van der Waals surface area (Å²) >= 11 is 0. The summed E-state index contributed by atoms with van der Waals surface area (Å²) in [5.41, 5.74) is 1.34. The summed E-state index contributed by atoms with van der Waals surface area (Å²) in [6.45, 7) is 9.81. The molecule has 0 aliphatic rings. The quantitative estimate of drug-likeness (QED) is 0.831. The van der Waals surface area contributed by atoms with Gasteiger partial charge in [0.2, 0.25) is 0 Å². The maximum absolute atomic E-state index is 5.56.